The van der Waals surface area contributed by atoms with Crippen molar-refractivity contribution in [1.82, 2.24) is 10.2 Å². The second kappa shape index (κ2) is 11.1. The zero-order chi connectivity index (χ0) is 23.0. The van der Waals surface area contributed by atoms with Crippen LogP contribution in [0.15, 0.2) is 72.1 Å². The fraction of sp³-hybridized carbons (Fsp3) is 0.333. The molecule has 1 aliphatic carbocycles. The minimum atomic E-state index is -0.767. The summed E-state index contributed by atoms with van der Waals surface area (Å²) >= 11 is 1.39. The molecule has 6 heteroatoms. The van der Waals surface area contributed by atoms with Crippen LogP contribution in [-0.2, 0) is 11.3 Å². The van der Waals surface area contributed by atoms with Crippen LogP contribution in [0, 0.1) is 0 Å². The standard InChI is InChI=1S/C27H30N2O3S/c1-32-23-15-8-12-21(18-23)25(26(30)28-22-13-6-3-7-14-22)29(19-20-10-4-2-5-11-20)27(31)24-16-9-17-33-24/h2,4-5,8-12,15-18,22,25H,3,6-7,13-14,19H2,1H3,(H,28,30)/t25-/m1/s1. The summed E-state index contributed by atoms with van der Waals surface area (Å²) in [5.41, 5.74) is 1.71. The maximum atomic E-state index is 13.8. The first-order valence-corrected chi connectivity index (χ1v) is 12.4. The number of hydrogen-bond acceptors (Lipinski definition) is 4. The van der Waals surface area contributed by atoms with Crippen LogP contribution in [0.25, 0.3) is 0 Å². The normalized spacial score (nSPS) is 14.9. The van der Waals surface area contributed by atoms with Crippen molar-refractivity contribution < 1.29 is 14.3 Å². The van der Waals surface area contributed by atoms with Gasteiger partial charge in [-0.2, -0.15) is 0 Å². The second-order valence-electron chi connectivity index (χ2n) is 8.42. The molecule has 1 saturated carbocycles. The van der Waals surface area contributed by atoms with E-state index in [-0.39, 0.29) is 17.9 Å². The number of methoxy groups -OCH3 is 1. The molecule has 4 rings (SSSR count). The van der Waals surface area contributed by atoms with Crippen molar-refractivity contribution in [3.05, 3.63) is 88.1 Å². The van der Waals surface area contributed by atoms with Gasteiger partial charge in [0, 0.05) is 12.6 Å². The zero-order valence-electron chi connectivity index (χ0n) is 18.9. The number of carbonyl (C=O) groups is 2. The van der Waals surface area contributed by atoms with Gasteiger partial charge in [-0.3, -0.25) is 9.59 Å². The third-order valence-corrected chi connectivity index (χ3v) is 6.97. The van der Waals surface area contributed by atoms with Gasteiger partial charge in [0.2, 0.25) is 5.91 Å². The van der Waals surface area contributed by atoms with Crippen molar-refractivity contribution in [2.24, 2.45) is 0 Å². The van der Waals surface area contributed by atoms with Crippen LogP contribution in [0.4, 0.5) is 0 Å². The Morgan fingerprint density at radius 1 is 1.03 bits per heavy atom. The highest BCUT2D eigenvalue weighted by atomic mass is 32.1. The van der Waals surface area contributed by atoms with Crippen molar-refractivity contribution in [3.8, 4) is 5.75 Å². The largest absolute Gasteiger partial charge is 0.497 e. The SMILES string of the molecule is COc1cccc([C@H](C(=O)NC2CCCCC2)N(Cc2ccccc2)C(=O)c2cccs2)c1. The van der Waals surface area contributed by atoms with Crippen LogP contribution in [0.5, 0.6) is 5.75 Å². The lowest BCUT2D eigenvalue weighted by atomic mass is 9.94. The molecule has 0 aliphatic heterocycles. The van der Waals surface area contributed by atoms with E-state index in [0.29, 0.717) is 17.2 Å². The van der Waals surface area contributed by atoms with Crippen molar-refractivity contribution >= 4 is 23.2 Å². The predicted molar refractivity (Wildman–Crippen MR) is 131 cm³/mol. The molecule has 1 aliphatic rings. The van der Waals surface area contributed by atoms with Crippen molar-refractivity contribution in [2.75, 3.05) is 7.11 Å². The van der Waals surface area contributed by atoms with E-state index in [9.17, 15) is 9.59 Å². The Labute approximate surface area is 199 Å². The molecule has 2 aromatic carbocycles. The third-order valence-electron chi connectivity index (χ3n) is 6.11. The summed E-state index contributed by atoms with van der Waals surface area (Å²) in [6.45, 7) is 0.331. The van der Waals surface area contributed by atoms with Gasteiger partial charge in [0.15, 0.2) is 0 Å². The van der Waals surface area contributed by atoms with E-state index in [1.54, 1.807) is 12.0 Å². The maximum absolute atomic E-state index is 13.8. The number of nitrogens with one attached hydrogen (secondary N) is 1. The fourth-order valence-electron chi connectivity index (χ4n) is 4.41. The summed E-state index contributed by atoms with van der Waals surface area (Å²) in [4.78, 5) is 29.8. The molecule has 0 radical (unpaired) electrons. The molecule has 1 aromatic heterocycles. The van der Waals surface area contributed by atoms with E-state index in [1.807, 2.05) is 72.1 Å². The minimum Gasteiger partial charge on any atom is -0.497 e. The van der Waals surface area contributed by atoms with Crippen LogP contribution in [-0.4, -0.2) is 29.9 Å². The number of nitrogens with zero attached hydrogens (tertiary/aromatic N) is 1. The highest BCUT2D eigenvalue weighted by Crippen LogP contribution is 2.30. The molecule has 172 valence electrons. The molecule has 0 saturated heterocycles. The fourth-order valence-corrected chi connectivity index (χ4v) is 5.09. The first-order chi connectivity index (χ1) is 16.2. The Hall–Kier alpha value is -3.12. The van der Waals surface area contributed by atoms with Gasteiger partial charge in [0.1, 0.15) is 11.8 Å². The van der Waals surface area contributed by atoms with Crippen molar-refractivity contribution in [3.63, 3.8) is 0 Å². The smallest absolute Gasteiger partial charge is 0.265 e. The molecular weight excluding hydrogens is 432 g/mol. The molecule has 0 bridgehead atoms. The molecule has 33 heavy (non-hydrogen) atoms. The number of benzene rings is 2. The Kier molecular flexibility index (Phi) is 7.79. The average molecular weight is 463 g/mol. The number of hydrogen-bond donors (Lipinski definition) is 1. The van der Waals surface area contributed by atoms with Crippen LogP contribution >= 0.6 is 11.3 Å². The van der Waals surface area contributed by atoms with E-state index >= 15 is 0 Å². The molecule has 1 atom stereocenters. The van der Waals surface area contributed by atoms with E-state index in [4.69, 9.17) is 4.74 Å². The maximum Gasteiger partial charge on any atom is 0.265 e. The first kappa shape index (κ1) is 23.1. The molecule has 0 unspecified atom stereocenters. The Balaban J connectivity index is 1.73. The van der Waals surface area contributed by atoms with Gasteiger partial charge in [0.05, 0.1) is 12.0 Å². The molecule has 3 aromatic rings. The number of rotatable bonds is 8. The number of ether oxygens (including phenoxy) is 1. The van der Waals surface area contributed by atoms with E-state index in [1.165, 1.54) is 17.8 Å². The summed E-state index contributed by atoms with van der Waals surface area (Å²) in [6, 6.07) is 20.3. The van der Waals surface area contributed by atoms with Crippen LogP contribution in [0.2, 0.25) is 0 Å². The lowest BCUT2D eigenvalue weighted by Gasteiger charge is -2.33. The van der Waals surface area contributed by atoms with Crippen LogP contribution < -0.4 is 10.1 Å². The molecule has 5 nitrogen and oxygen atoms in total. The van der Waals surface area contributed by atoms with Gasteiger partial charge in [0.25, 0.3) is 5.91 Å². The van der Waals surface area contributed by atoms with Gasteiger partial charge in [-0.05, 0) is 47.5 Å². The molecule has 1 heterocycles. The van der Waals surface area contributed by atoms with Gasteiger partial charge >= 0.3 is 0 Å². The quantitative estimate of drug-likeness (QED) is 0.475. The third kappa shape index (κ3) is 5.82. The lowest BCUT2D eigenvalue weighted by molar-refractivity contribution is -0.127. The highest BCUT2D eigenvalue weighted by Gasteiger charge is 2.34. The number of amides is 2. The molecular formula is C27H30N2O3S. The second-order valence-corrected chi connectivity index (χ2v) is 9.37. The summed E-state index contributed by atoms with van der Waals surface area (Å²) in [5, 5.41) is 5.14. The summed E-state index contributed by atoms with van der Waals surface area (Å²) in [6.07, 6.45) is 5.41. The first-order valence-electron chi connectivity index (χ1n) is 11.5. The van der Waals surface area contributed by atoms with E-state index in [2.05, 4.69) is 5.32 Å². The summed E-state index contributed by atoms with van der Waals surface area (Å²) in [5.74, 6) is 0.364. The van der Waals surface area contributed by atoms with Gasteiger partial charge in [-0.15, -0.1) is 11.3 Å². The topological polar surface area (TPSA) is 58.6 Å². The Bertz CT molecular complexity index is 1050. The van der Waals surface area contributed by atoms with Gasteiger partial charge < -0.3 is 15.0 Å². The van der Waals surface area contributed by atoms with E-state index in [0.717, 1.165) is 36.8 Å². The number of carbonyl (C=O) groups excluding carboxylic acids is 2. The lowest BCUT2D eigenvalue weighted by Crippen LogP contribution is -2.46. The van der Waals surface area contributed by atoms with Crippen molar-refractivity contribution in [1.29, 1.82) is 0 Å². The van der Waals surface area contributed by atoms with Crippen LogP contribution in [0.1, 0.15) is 58.9 Å². The zero-order valence-corrected chi connectivity index (χ0v) is 19.7. The highest BCUT2D eigenvalue weighted by molar-refractivity contribution is 7.12. The van der Waals surface area contributed by atoms with Gasteiger partial charge in [-0.1, -0.05) is 67.8 Å². The minimum absolute atomic E-state index is 0.143. The van der Waals surface area contributed by atoms with Crippen LogP contribution in [0.3, 0.4) is 0 Å². The van der Waals surface area contributed by atoms with E-state index < -0.39 is 6.04 Å². The summed E-state index contributed by atoms with van der Waals surface area (Å²) in [7, 11) is 1.61. The van der Waals surface area contributed by atoms with Gasteiger partial charge in [-0.25, -0.2) is 0 Å². The molecule has 2 amide bonds. The predicted octanol–water partition coefficient (Wildman–Crippen LogP) is 5.59. The Morgan fingerprint density at radius 2 is 1.82 bits per heavy atom. The number of thiophene rings is 1. The molecule has 1 N–H and O–H groups in total. The van der Waals surface area contributed by atoms with Crippen molar-refractivity contribution in [2.45, 2.75) is 50.7 Å². The Morgan fingerprint density at radius 3 is 2.52 bits per heavy atom. The molecule has 1 fully saturated rings. The monoisotopic (exact) mass is 462 g/mol. The summed E-state index contributed by atoms with van der Waals surface area (Å²) < 4.78 is 5.43. The average Bonchev–Trinajstić information content (AvgIpc) is 3.40. The molecule has 0 spiro atoms.